The van der Waals surface area contributed by atoms with Crippen LogP contribution in [-0.4, -0.2) is 20.8 Å². The van der Waals surface area contributed by atoms with Crippen LogP contribution in [0.15, 0.2) is 34.3 Å². The second kappa shape index (κ2) is 5.53. The zero-order valence-corrected chi connectivity index (χ0v) is 12.5. The van der Waals surface area contributed by atoms with Crippen LogP contribution in [0.3, 0.4) is 0 Å². The van der Waals surface area contributed by atoms with Crippen molar-refractivity contribution in [2.24, 2.45) is 0 Å². The SMILES string of the molecule is CCn1ncc(NC(=O)c2cc(-c3cccs3)on2)c1C. The number of carbonyl (C=O) groups excluding carboxylic acids is 1. The largest absolute Gasteiger partial charge is 0.355 e. The summed E-state index contributed by atoms with van der Waals surface area (Å²) in [6.45, 7) is 4.66. The van der Waals surface area contributed by atoms with Gasteiger partial charge >= 0.3 is 0 Å². The van der Waals surface area contributed by atoms with E-state index in [-0.39, 0.29) is 11.6 Å². The molecule has 0 aliphatic heterocycles. The van der Waals surface area contributed by atoms with Gasteiger partial charge in [0.15, 0.2) is 11.5 Å². The van der Waals surface area contributed by atoms with Gasteiger partial charge in [0.1, 0.15) is 0 Å². The average molecular weight is 302 g/mol. The number of carbonyl (C=O) groups is 1. The van der Waals surface area contributed by atoms with Crippen molar-refractivity contribution in [2.75, 3.05) is 5.32 Å². The van der Waals surface area contributed by atoms with Gasteiger partial charge in [-0.2, -0.15) is 5.10 Å². The molecular weight excluding hydrogens is 288 g/mol. The summed E-state index contributed by atoms with van der Waals surface area (Å²) in [5.41, 5.74) is 1.84. The molecule has 0 fully saturated rings. The second-order valence-corrected chi connectivity index (χ2v) is 5.41. The van der Waals surface area contributed by atoms with E-state index in [4.69, 9.17) is 4.52 Å². The molecule has 3 aromatic rings. The van der Waals surface area contributed by atoms with Crippen LogP contribution in [0.5, 0.6) is 0 Å². The summed E-state index contributed by atoms with van der Waals surface area (Å²) >= 11 is 1.54. The maximum atomic E-state index is 12.2. The van der Waals surface area contributed by atoms with Crippen LogP contribution in [0.2, 0.25) is 0 Å². The summed E-state index contributed by atoms with van der Waals surface area (Å²) in [6.07, 6.45) is 1.64. The van der Waals surface area contributed by atoms with Gasteiger partial charge in [0, 0.05) is 12.6 Å². The van der Waals surface area contributed by atoms with Crippen LogP contribution in [0.1, 0.15) is 23.1 Å². The van der Waals surface area contributed by atoms with Gasteiger partial charge in [-0.3, -0.25) is 9.48 Å². The lowest BCUT2D eigenvalue weighted by Crippen LogP contribution is -2.12. The van der Waals surface area contributed by atoms with E-state index in [1.54, 1.807) is 12.3 Å². The van der Waals surface area contributed by atoms with Gasteiger partial charge in [0.2, 0.25) is 0 Å². The maximum absolute atomic E-state index is 12.2. The summed E-state index contributed by atoms with van der Waals surface area (Å²) in [6, 6.07) is 5.48. The van der Waals surface area contributed by atoms with Crippen molar-refractivity contribution >= 4 is 22.9 Å². The summed E-state index contributed by atoms with van der Waals surface area (Å²) in [5.74, 6) is 0.288. The molecule has 0 atom stereocenters. The van der Waals surface area contributed by atoms with Gasteiger partial charge in [0.05, 0.1) is 22.5 Å². The molecule has 3 rings (SSSR count). The lowest BCUT2D eigenvalue weighted by atomic mass is 10.3. The van der Waals surface area contributed by atoms with Crippen LogP contribution < -0.4 is 5.32 Å². The highest BCUT2D eigenvalue weighted by atomic mass is 32.1. The zero-order valence-electron chi connectivity index (χ0n) is 11.7. The van der Waals surface area contributed by atoms with Crippen LogP contribution >= 0.6 is 11.3 Å². The molecule has 7 heteroatoms. The fourth-order valence-electron chi connectivity index (χ4n) is 1.99. The first kappa shape index (κ1) is 13.6. The van der Waals surface area contributed by atoms with Gasteiger partial charge in [-0.1, -0.05) is 11.2 Å². The quantitative estimate of drug-likeness (QED) is 0.803. The number of anilines is 1. The Hall–Kier alpha value is -2.41. The molecule has 0 aromatic carbocycles. The van der Waals surface area contributed by atoms with Crippen molar-refractivity contribution in [3.05, 3.63) is 41.2 Å². The van der Waals surface area contributed by atoms with E-state index >= 15 is 0 Å². The summed E-state index contributed by atoms with van der Waals surface area (Å²) < 4.78 is 7.02. The van der Waals surface area contributed by atoms with Crippen LogP contribution in [-0.2, 0) is 6.54 Å². The van der Waals surface area contributed by atoms with E-state index in [9.17, 15) is 4.79 Å². The van der Waals surface area contributed by atoms with Gasteiger partial charge in [-0.15, -0.1) is 11.3 Å². The van der Waals surface area contributed by atoms with Crippen molar-refractivity contribution < 1.29 is 9.32 Å². The minimum Gasteiger partial charge on any atom is -0.355 e. The second-order valence-electron chi connectivity index (χ2n) is 4.47. The molecule has 0 spiro atoms. The molecule has 0 aliphatic carbocycles. The number of aromatic nitrogens is 3. The lowest BCUT2D eigenvalue weighted by molar-refractivity contribution is 0.101. The first-order valence-electron chi connectivity index (χ1n) is 6.53. The molecule has 108 valence electrons. The first-order valence-corrected chi connectivity index (χ1v) is 7.41. The predicted molar refractivity (Wildman–Crippen MR) is 80.4 cm³/mol. The number of nitrogens with one attached hydrogen (secondary N) is 1. The molecule has 21 heavy (non-hydrogen) atoms. The Morgan fingerprint density at radius 3 is 3.05 bits per heavy atom. The average Bonchev–Trinajstić information content (AvgIpc) is 3.19. The Morgan fingerprint density at radius 2 is 2.38 bits per heavy atom. The molecule has 0 aliphatic rings. The molecule has 0 saturated heterocycles. The number of hydrogen-bond donors (Lipinski definition) is 1. The molecule has 0 radical (unpaired) electrons. The molecule has 1 N–H and O–H groups in total. The normalized spacial score (nSPS) is 10.8. The fourth-order valence-corrected chi connectivity index (χ4v) is 2.66. The Morgan fingerprint density at radius 1 is 1.52 bits per heavy atom. The Balaban J connectivity index is 1.78. The third kappa shape index (κ3) is 2.59. The highest BCUT2D eigenvalue weighted by Gasteiger charge is 2.16. The highest BCUT2D eigenvalue weighted by Crippen LogP contribution is 2.25. The number of hydrogen-bond acceptors (Lipinski definition) is 5. The van der Waals surface area contributed by atoms with Crippen molar-refractivity contribution in [1.29, 1.82) is 0 Å². The predicted octanol–water partition coefficient (Wildman–Crippen LogP) is 3.18. The Labute approximate surface area is 125 Å². The zero-order chi connectivity index (χ0) is 14.8. The molecule has 1 amide bonds. The smallest absolute Gasteiger partial charge is 0.277 e. The van der Waals surface area contributed by atoms with Gasteiger partial charge < -0.3 is 9.84 Å². The number of nitrogens with zero attached hydrogens (tertiary/aromatic N) is 3. The topological polar surface area (TPSA) is 73.0 Å². The van der Waals surface area contributed by atoms with Crippen LogP contribution in [0.25, 0.3) is 10.6 Å². The minimum absolute atomic E-state index is 0.252. The molecule has 0 saturated carbocycles. The van der Waals surface area contributed by atoms with Gasteiger partial charge in [0.25, 0.3) is 5.91 Å². The van der Waals surface area contributed by atoms with E-state index in [1.807, 2.05) is 36.0 Å². The number of thiophene rings is 1. The summed E-state index contributed by atoms with van der Waals surface area (Å²) in [4.78, 5) is 13.1. The van der Waals surface area contributed by atoms with E-state index in [1.165, 1.54) is 11.3 Å². The summed E-state index contributed by atoms with van der Waals surface area (Å²) in [7, 11) is 0. The Kier molecular flexibility index (Phi) is 3.57. The van der Waals surface area contributed by atoms with Crippen molar-refractivity contribution in [3.8, 4) is 10.6 Å². The summed E-state index contributed by atoms with van der Waals surface area (Å²) in [5, 5.41) is 12.7. The van der Waals surface area contributed by atoms with E-state index < -0.39 is 0 Å². The number of aryl methyl sites for hydroxylation is 1. The first-order chi connectivity index (χ1) is 10.2. The number of rotatable bonds is 4. The Bertz CT molecular complexity index is 758. The van der Waals surface area contributed by atoms with Crippen molar-refractivity contribution in [3.63, 3.8) is 0 Å². The van der Waals surface area contributed by atoms with Crippen molar-refractivity contribution in [2.45, 2.75) is 20.4 Å². The highest BCUT2D eigenvalue weighted by molar-refractivity contribution is 7.13. The maximum Gasteiger partial charge on any atom is 0.277 e. The molecule has 6 nitrogen and oxygen atoms in total. The van der Waals surface area contributed by atoms with E-state index in [0.717, 1.165) is 17.1 Å². The lowest BCUT2D eigenvalue weighted by Gasteiger charge is -2.02. The van der Waals surface area contributed by atoms with E-state index in [0.29, 0.717) is 11.4 Å². The third-order valence-electron chi connectivity index (χ3n) is 3.16. The molecular formula is C14H14N4O2S. The molecule has 3 aromatic heterocycles. The van der Waals surface area contributed by atoms with Crippen LogP contribution in [0, 0.1) is 6.92 Å². The molecule has 0 unspecified atom stereocenters. The standard InChI is InChI=1S/C14H14N4O2S/c1-3-18-9(2)11(8-15-18)16-14(19)10-7-12(20-17-10)13-5-4-6-21-13/h4-8H,3H2,1-2H3,(H,16,19). The third-order valence-corrected chi connectivity index (χ3v) is 4.04. The molecule has 3 heterocycles. The van der Waals surface area contributed by atoms with E-state index in [2.05, 4.69) is 15.6 Å². The minimum atomic E-state index is -0.305. The van der Waals surface area contributed by atoms with Gasteiger partial charge in [-0.25, -0.2) is 0 Å². The fraction of sp³-hybridized carbons (Fsp3) is 0.214. The monoisotopic (exact) mass is 302 g/mol. The molecule has 0 bridgehead atoms. The number of amides is 1. The van der Waals surface area contributed by atoms with Crippen molar-refractivity contribution in [1.82, 2.24) is 14.9 Å². The van der Waals surface area contributed by atoms with Gasteiger partial charge in [-0.05, 0) is 25.3 Å². The van der Waals surface area contributed by atoms with Crippen LogP contribution in [0.4, 0.5) is 5.69 Å².